The van der Waals surface area contributed by atoms with E-state index in [-0.39, 0.29) is 0 Å². The van der Waals surface area contributed by atoms with Crippen LogP contribution in [0, 0.1) is 0 Å². The minimum absolute atomic E-state index is 0.462. The van der Waals surface area contributed by atoms with Gasteiger partial charge in [0, 0.05) is 0 Å². The van der Waals surface area contributed by atoms with Crippen molar-refractivity contribution < 1.29 is 12.3 Å². The first-order chi connectivity index (χ1) is 9.97. The highest BCUT2D eigenvalue weighted by molar-refractivity contribution is 7.24. The van der Waals surface area contributed by atoms with Gasteiger partial charge in [-0.15, -0.1) is 6.58 Å². The molecule has 118 valence electrons. The van der Waals surface area contributed by atoms with E-state index in [1.807, 2.05) is 0 Å². The van der Waals surface area contributed by atoms with E-state index in [4.69, 9.17) is 12.3 Å². The molecule has 0 heterocycles. The van der Waals surface area contributed by atoms with Crippen molar-refractivity contribution in [3.63, 3.8) is 0 Å². The number of hydrogen-bond donors (Lipinski definition) is 0. The van der Waals surface area contributed by atoms with Gasteiger partial charge >= 0.3 is 0 Å². The molecule has 0 aromatic heterocycles. The first-order valence-corrected chi connectivity index (χ1v) is 23.1. The van der Waals surface area contributed by atoms with Gasteiger partial charge in [0.1, 0.15) is 0 Å². The Morgan fingerprint density at radius 2 is 1.76 bits per heavy atom. The van der Waals surface area contributed by atoms with Crippen molar-refractivity contribution in [2.45, 2.75) is 26.2 Å². The van der Waals surface area contributed by atoms with Gasteiger partial charge in [-0.3, -0.25) is 0 Å². The number of rotatable bonds is 10. The van der Waals surface area contributed by atoms with Crippen LogP contribution in [0.15, 0.2) is 42.6 Å². The second kappa shape index (κ2) is 10.0. The van der Waals surface area contributed by atoms with E-state index < -0.39 is 53.8 Å². The minimum atomic E-state index is -1.69. The van der Waals surface area contributed by atoms with E-state index in [0.29, 0.717) is 0 Å². The topological polar surface area (TPSA) is 27.7 Å². The van der Waals surface area contributed by atoms with Gasteiger partial charge in [0.05, 0.1) is 0 Å². The highest BCUT2D eigenvalue weighted by atomic mass is 29.2. The molecule has 1 rings (SSSR count). The van der Waals surface area contributed by atoms with E-state index in [2.05, 4.69) is 68.8 Å². The zero-order valence-corrected chi connectivity index (χ0v) is 21.2. The van der Waals surface area contributed by atoms with Crippen LogP contribution in [0.3, 0.4) is 0 Å². The third-order valence-electron chi connectivity index (χ3n) is 3.29. The number of hydrogen-bond acceptors (Lipinski definition) is 3. The Bertz CT molecular complexity index is 419. The lowest BCUT2D eigenvalue weighted by Crippen LogP contribution is -2.46. The monoisotopic (exact) mass is 388 g/mol. The normalized spacial score (nSPS) is 17.4. The maximum Gasteiger partial charge on any atom is 0.209 e. The second-order valence-electron chi connectivity index (χ2n) is 5.65. The van der Waals surface area contributed by atoms with Gasteiger partial charge in [0.25, 0.3) is 0 Å². The molecule has 0 amide bonds. The Balaban J connectivity index is 2.30. The molecule has 21 heavy (non-hydrogen) atoms. The fourth-order valence-electron chi connectivity index (χ4n) is 1.81. The summed E-state index contributed by atoms with van der Waals surface area (Å²) in [4.78, 5) is 0. The summed E-state index contributed by atoms with van der Waals surface area (Å²) in [6.45, 7) is 13.0. The van der Waals surface area contributed by atoms with E-state index in [0.717, 1.165) is 0 Å². The van der Waals surface area contributed by atoms with Crippen molar-refractivity contribution in [1.82, 2.24) is 0 Å². The lowest BCUT2D eigenvalue weighted by Gasteiger charge is -2.25. The summed E-state index contributed by atoms with van der Waals surface area (Å²) in [5, 5.41) is 1.39. The Kier molecular flexibility index (Phi) is 9.15. The van der Waals surface area contributed by atoms with Gasteiger partial charge in [0.2, 0.25) is 7.83 Å². The fourth-order valence-corrected chi connectivity index (χ4v) is 30.9. The molecular formula is C12H28O3Si6. The molecule has 0 bridgehead atoms. The molecule has 9 heteroatoms. The molecule has 0 fully saturated rings. The SMILES string of the molecule is C=C[Si](C)(O[SiH2][SiH2]O[SiH](C)c1ccccc1)[SiH2]O[SiH](C)C. The van der Waals surface area contributed by atoms with Crippen LogP contribution in [-0.2, 0) is 12.3 Å². The van der Waals surface area contributed by atoms with Crippen LogP contribution in [0.25, 0.3) is 0 Å². The van der Waals surface area contributed by atoms with Gasteiger partial charge in [-0.05, 0) is 31.4 Å². The molecule has 2 atom stereocenters. The predicted molar refractivity (Wildman–Crippen MR) is 109 cm³/mol. The smallest absolute Gasteiger partial charge is 0.209 e. The first-order valence-electron chi connectivity index (χ1n) is 7.52. The molecular weight excluding hydrogens is 361 g/mol. The van der Waals surface area contributed by atoms with Crippen LogP contribution < -0.4 is 5.19 Å². The molecule has 1 aromatic rings. The van der Waals surface area contributed by atoms with Gasteiger partial charge < -0.3 is 12.3 Å². The highest BCUT2D eigenvalue weighted by Gasteiger charge is 2.26. The van der Waals surface area contributed by atoms with Crippen molar-refractivity contribution in [3.8, 4) is 0 Å². The first kappa shape index (κ1) is 19.2. The van der Waals surface area contributed by atoms with Crippen LogP contribution in [0.5, 0.6) is 0 Å². The van der Waals surface area contributed by atoms with Crippen LogP contribution in [0.4, 0.5) is 0 Å². The maximum absolute atomic E-state index is 6.29. The summed E-state index contributed by atoms with van der Waals surface area (Å²) in [6, 6.07) is 10.6. The zero-order valence-electron chi connectivity index (χ0n) is 13.7. The van der Waals surface area contributed by atoms with Crippen molar-refractivity contribution in [2.75, 3.05) is 0 Å². The Morgan fingerprint density at radius 1 is 1.10 bits per heavy atom. The quantitative estimate of drug-likeness (QED) is 0.390. The average molecular weight is 389 g/mol. The van der Waals surface area contributed by atoms with Gasteiger partial charge in [-0.25, -0.2) is 0 Å². The van der Waals surface area contributed by atoms with Crippen molar-refractivity contribution >= 4 is 58.9 Å². The molecule has 0 radical (unpaired) electrons. The highest BCUT2D eigenvalue weighted by Crippen LogP contribution is 2.04. The molecule has 0 spiro atoms. The van der Waals surface area contributed by atoms with Crippen LogP contribution in [0.2, 0.25) is 26.2 Å². The zero-order chi connectivity index (χ0) is 15.7. The van der Waals surface area contributed by atoms with E-state index in [1.165, 1.54) is 5.19 Å². The third kappa shape index (κ3) is 7.81. The maximum atomic E-state index is 6.29. The van der Waals surface area contributed by atoms with Crippen LogP contribution in [-0.4, -0.2) is 53.8 Å². The van der Waals surface area contributed by atoms with Crippen molar-refractivity contribution in [3.05, 3.63) is 42.6 Å². The Hall–Kier alpha value is 0.141. The standard InChI is InChI=1S/C12H28O3Si6/c1-6-21(5,18-14-19(2)3)15-17-16-13-20(4)12-10-8-7-9-11-12/h6-11,19-20H,1,16-18H2,2-5H3. The van der Waals surface area contributed by atoms with Crippen molar-refractivity contribution in [1.29, 1.82) is 0 Å². The second-order valence-corrected chi connectivity index (χ2v) is 25.2. The molecule has 3 nitrogen and oxygen atoms in total. The fraction of sp³-hybridized carbons (Fsp3) is 0.333. The molecule has 2 unspecified atom stereocenters. The van der Waals surface area contributed by atoms with Crippen LogP contribution in [0.1, 0.15) is 0 Å². The third-order valence-corrected chi connectivity index (χ3v) is 26.3. The van der Waals surface area contributed by atoms with Crippen LogP contribution >= 0.6 is 0 Å². The molecule has 0 aliphatic heterocycles. The Labute approximate surface area is 140 Å². The molecule has 0 aliphatic rings. The summed E-state index contributed by atoms with van der Waals surface area (Å²) in [6.07, 6.45) is 0. The lowest BCUT2D eigenvalue weighted by atomic mass is 10.4. The van der Waals surface area contributed by atoms with Gasteiger partial charge in [-0.1, -0.05) is 36.0 Å². The molecule has 0 N–H and O–H groups in total. The summed E-state index contributed by atoms with van der Waals surface area (Å²) < 4.78 is 18.5. The molecule has 0 saturated carbocycles. The predicted octanol–water partition coefficient (Wildman–Crippen LogP) is -0.756. The lowest BCUT2D eigenvalue weighted by molar-refractivity contribution is 0.585. The number of benzene rings is 1. The average Bonchev–Trinajstić information content (AvgIpc) is 2.50. The summed E-state index contributed by atoms with van der Waals surface area (Å²) in [5.74, 6) is 0. The summed E-state index contributed by atoms with van der Waals surface area (Å²) in [7, 11) is -5.29. The largest absolute Gasteiger partial charge is 0.462 e. The van der Waals surface area contributed by atoms with E-state index in [1.54, 1.807) is 0 Å². The van der Waals surface area contributed by atoms with Gasteiger partial charge in [-0.2, -0.15) is 0 Å². The van der Waals surface area contributed by atoms with E-state index in [9.17, 15) is 0 Å². The molecule has 0 aliphatic carbocycles. The summed E-state index contributed by atoms with van der Waals surface area (Å²) in [5.41, 5.74) is 2.08. The van der Waals surface area contributed by atoms with E-state index >= 15 is 0 Å². The molecule has 0 saturated heterocycles. The van der Waals surface area contributed by atoms with Crippen molar-refractivity contribution in [2.24, 2.45) is 0 Å². The van der Waals surface area contributed by atoms with Gasteiger partial charge in [0.15, 0.2) is 45.9 Å². The molecule has 1 aromatic carbocycles. The Morgan fingerprint density at radius 3 is 2.33 bits per heavy atom. The minimum Gasteiger partial charge on any atom is -0.462 e. The summed E-state index contributed by atoms with van der Waals surface area (Å²) >= 11 is 0.